The molecule has 0 bridgehead atoms. The third kappa shape index (κ3) is 3.06. The second-order valence-electron chi connectivity index (χ2n) is 2.54. The Kier molecular flexibility index (Phi) is 3.76. The van der Waals surface area contributed by atoms with Gasteiger partial charge < -0.3 is 5.73 Å². The van der Waals surface area contributed by atoms with Crippen LogP contribution in [0, 0.1) is 5.82 Å². The van der Waals surface area contributed by atoms with Crippen molar-refractivity contribution >= 4 is 24.4 Å². The van der Waals surface area contributed by atoms with Gasteiger partial charge in [-0.1, -0.05) is 6.08 Å². The number of nitrogens with two attached hydrogens (primary N) is 1. The van der Waals surface area contributed by atoms with Gasteiger partial charge in [0.2, 0.25) is 0 Å². The Morgan fingerprint density at radius 1 is 1.62 bits per heavy atom. The zero-order valence-electron chi connectivity index (χ0n) is 7.07. The van der Waals surface area contributed by atoms with Crippen LogP contribution in [0.25, 0.3) is 6.08 Å². The zero-order chi connectivity index (χ0) is 9.68. The SMILES string of the molecule is Nc1cc(F)cnc1C=CCCS. The molecule has 70 valence electrons. The van der Waals surface area contributed by atoms with Gasteiger partial charge in [0.15, 0.2) is 0 Å². The van der Waals surface area contributed by atoms with Crippen molar-refractivity contribution in [1.29, 1.82) is 0 Å². The van der Waals surface area contributed by atoms with Gasteiger partial charge in [-0.3, -0.25) is 4.98 Å². The minimum Gasteiger partial charge on any atom is -0.397 e. The van der Waals surface area contributed by atoms with Crippen LogP contribution in [0.2, 0.25) is 0 Å². The van der Waals surface area contributed by atoms with Gasteiger partial charge in [0.1, 0.15) is 5.82 Å². The number of pyridine rings is 1. The zero-order valence-corrected chi connectivity index (χ0v) is 7.97. The van der Waals surface area contributed by atoms with Crippen LogP contribution in [-0.4, -0.2) is 10.7 Å². The van der Waals surface area contributed by atoms with Crippen LogP contribution in [0.3, 0.4) is 0 Å². The van der Waals surface area contributed by atoms with Gasteiger partial charge in [0.25, 0.3) is 0 Å². The van der Waals surface area contributed by atoms with Crippen molar-refractivity contribution in [3.63, 3.8) is 0 Å². The van der Waals surface area contributed by atoms with Crippen LogP contribution in [-0.2, 0) is 0 Å². The standard InChI is InChI=1S/C9H11FN2S/c10-7-5-8(11)9(12-6-7)3-1-2-4-13/h1,3,5-6,13H,2,4,11H2. The lowest BCUT2D eigenvalue weighted by Gasteiger charge is -1.98. The van der Waals surface area contributed by atoms with Crippen molar-refractivity contribution in [1.82, 2.24) is 4.98 Å². The normalized spacial score (nSPS) is 10.9. The molecule has 1 aromatic heterocycles. The monoisotopic (exact) mass is 198 g/mol. The van der Waals surface area contributed by atoms with E-state index >= 15 is 0 Å². The Labute approximate surface area is 82.1 Å². The van der Waals surface area contributed by atoms with Crippen molar-refractivity contribution in [2.24, 2.45) is 0 Å². The Balaban J connectivity index is 2.77. The fourth-order valence-electron chi connectivity index (χ4n) is 0.874. The van der Waals surface area contributed by atoms with E-state index in [1.54, 1.807) is 6.08 Å². The molecule has 13 heavy (non-hydrogen) atoms. The Morgan fingerprint density at radius 3 is 3.00 bits per heavy atom. The smallest absolute Gasteiger partial charge is 0.143 e. The molecule has 0 saturated carbocycles. The van der Waals surface area contributed by atoms with Gasteiger partial charge in [0, 0.05) is 6.07 Å². The molecule has 0 spiro atoms. The Bertz CT molecular complexity index is 312. The summed E-state index contributed by atoms with van der Waals surface area (Å²) in [7, 11) is 0. The molecule has 1 heterocycles. The molecule has 0 aliphatic carbocycles. The van der Waals surface area contributed by atoms with E-state index < -0.39 is 5.82 Å². The predicted octanol–water partition coefficient (Wildman–Crippen LogP) is 2.14. The predicted molar refractivity (Wildman–Crippen MR) is 56.1 cm³/mol. The summed E-state index contributed by atoms with van der Waals surface area (Å²) in [5.41, 5.74) is 6.49. The highest BCUT2D eigenvalue weighted by Gasteiger charge is 1.97. The number of allylic oxidation sites excluding steroid dienone is 1. The molecule has 1 aromatic rings. The summed E-state index contributed by atoms with van der Waals surface area (Å²) in [5, 5.41) is 0. The van der Waals surface area contributed by atoms with E-state index in [1.165, 1.54) is 6.07 Å². The minimum absolute atomic E-state index is 0.357. The molecule has 0 fully saturated rings. The molecule has 2 N–H and O–H groups in total. The van der Waals surface area contributed by atoms with Gasteiger partial charge in [-0.2, -0.15) is 12.6 Å². The number of thiol groups is 1. The third-order valence-electron chi connectivity index (χ3n) is 1.49. The number of hydrogen-bond acceptors (Lipinski definition) is 3. The second kappa shape index (κ2) is 4.87. The van der Waals surface area contributed by atoms with E-state index in [0.717, 1.165) is 18.4 Å². The lowest BCUT2D eigenvalue weighted by molar-refractivity contribution is 0.622. The first kappa shape index (κ1) is 10.1. The van der Waals surface area contributed by atoms with Gasteiger partial charge in [0.05, 0.1) is 17.6 Å². The molecule has 4 heteroatoms. The summed E-state index contributed by atoms with van der Waals surface area (Å²) in [6.07, 6.45) is 5.67. The van der Waals surface area contributed by atoms with Gasteiger partial charge >= 0.3 is 0 Å². The largest absolute Gasteiger partial charge is 0.397 e. The molecule has 0 amide bonds. The highest BCUT2D eigenvalue weighted by Crippen LogP contribution is 2.11. The number of nitrogens with zero attached hydrogens (tertiary/aromatic N) is 1. The van der Waals surface area contributed by atoms with E-state index in [-0.39, 0.29) is 0 Å². The summed E-state index contributed by atoms with van der Waals surface area (Å²) in [4.78, 5) is 3.84. The van der Waals surface area contributed by atoms with Crippen molar-refractivity contribution in [2.45, 2.75) is 6.42 Å². The Morgan fingerprint density at radius 2 is 2.38 bits per heavy atom. The summed E-state index contributed by atoms with van der Waals surface area (Å²) < 4.78 is 12.6. The van der Waals surface area contributed by atoms with E-state index in [9.17, 15) is 4.39 Å². The van der Waals surface area contributed by atoms with E-state index in [4.69, 9.17) is 5.73 Å². The number of halogens is 1. The fraction of sp³-hybridized carbons (Fsp3) is 0.222. The van der Waals surface area contributed by atoms with Crippen LogP contribution in [0.15, 0.2) is 18.3 Å². The first-order chi connectivity index (χ1) is 6.24. The lowest BCUT2D eigenvalue weighted by atomic mass is 10.2. The van der Waals surface area contributed by atoms with Crippen LogP contribution in [0.1, 0.15) is 12.1 Å². The number of anilines is 1. The van der Waals surface area contributed by atoms with Crippen LogP contribution >= 0.6 is 12.6 Å². The van der Waals surface area contributed by atoms with E-state index in [0.29, 0.717) is 11.4 Å². The van der Waals surface area contributed by atoms with Crippen molar-refractivity contribution < 1.29 is 4.39 Å². The summed E-state index contributed by atoms with van der Waals surface area (Å²) >= 11 is 4.05. The second-order valence-corrected chi connectivity index (χ2v) is 2.99. The maximum absolute atomic E-state index is 12.6. The lowest BCUT2D eigenvalue weighted by Crippen LogP contribution is -1.93. The summed E-state index contributed by atoms with van der Waals surface area (Å²) in [6, 6.07) is 1.26. The molecule has 0 atom stereocenters. The van der Waals surface area contributed by atoms with Crippen LogP contribution < -0.4 is 5.73 Å². The number of hydrogen-bond donors (Lipinski definition) is 2. The highest BCUT2D eigenvalue weighted by atomic mass is 32.1. The number of aromatic nitrogens is 1. The van der Waals surface area contributed by atoms with Gasteiger partial charge in [-0.05, 0) is 18.2 Å². The van der Waals surface area contributed by atoms with Crippen LogP contribution in [0.5, 0.6) is 0 Å². The van der Waals surface area contributed by atoms with Gasteiger partial charge in [-0.25, -0.2) is 4.39 Å². The quantitative estimate of drug-likeness (QED) is 0.730. The maximum atomic E-state index is 12.6. The number of rotatable bonds is 3. The molecule has 0 aliphatic heterocycles. The fourth-order valence-corrected chi connectivity index (χ4v) is 1.02. The molecule has 0 radical (unpaired) electrons. The molecule has 0 aliphatic rings. The first-order valence-corrected chi connectivity index (χ1v) is 4.55. The minimum atomic E-state index is -0.413. The summed E-state index contributed by atoms with van der Waals surface area (Å²) in [5.74, 6) is 0.362. The highest BCUT2D eigenvalue weighted by molar-refractivity contribution is 7.80. The third-order valence-corrected chi connectivity index (χ3v) is 1.75. The average molecular weight is 198 g/mol. The van der Waals surface area contributed by atoms with Crippen molar-refractivity contribution in [3.05, 3.63) is 29.9 Å². The van der Waals surface area contributed by atoms with Gasteiger partial charge in [-0.15, -0.1) is 0 Å². The molecule has 2 nitrogen and oxygen atoms in total. The molecule has 0 unspecified atom stereocenters. The molecule has 0 aromatic carbocycles. The van der Waals surface area contributed by atoms with E-state index in [2.05, 4.69) is 17.6 Å². The first-order valence-electron chi connectivity index (χ1n) is 3.92. The van der Waals surface area contributed by atoms with E-state index in [1.807, 2.05) is 6.08 Å². The molecule has 0 saturated heterocycles. The van der Waals surface area contributed by atoms with Crippen molar-refractivity contribution in [2.75, 3.05) is 11.5 Å². The number of nitrogen functional groups attached to an aromatic ring is 1. The summed E-state index contributed by atoms with van der Waals surface area (Å²) in [6.45, 7) is 0. The average Bonchev–Trinajstić information content (AvgIpc) is 2.09. The Hall–Kier alpha value is -1.03. The van der Waals surface area contributed by atoms with Crippen molar-refractivity contribution in [3.8, 4) is 0 Å². The topological polar surface area (TPSA) is 38.9 Å². The molecular formula is C9H11FN2S. The maximum Gasteiger partial charge on any atom is 0.143 e. The van der Waals surface area contributed by atoms with Crippen LogP contribution in [0.4, 0.5) is 10.1 Å². The molecule has 1 rings (SSSR count). The molecular weight excluding hydrogens is 187 g/mol.